The Labute approximate surface area is 123 Å². The van der Waals surface area contributed by atoms with Gasteiger partial charge in [-0.3, -0.25) is 0 Å². The van der Waals surface area contributed by atoms with Crippen LogP contribution in [-0.4, -0.2) is 25.6 Å². The van der Waals surface area contributed by atoms with E-state index in [0.717, 1.165) is 5.75 Å². The average molecular weight is 280 g/mol. The molecule has 0 saturated carbocycles. The average Bonchev–Trinajstić information content (AvgIpc) is 2.33. The van der Waals surface area contributed by atoms with Gasteiger partial charge in [0.25, 0.3) is 0 Å². The zero-order valence-corrected chi connectivity index (χ0v) is 13.6. The summed E-state index contributed by atoms with van der Waals surface area (Å²) in [7, 11) is 0. The molecular weight excluding hydrogens is 252 g/mol. The van der Waals surface area contributed by atoms with E-state index < -0.39 is 0 Å². The van der Waals surface area contributed by atoms with Gasteiger partial charge in [0.1, 0.15) is 12.4 Å². The lowest BCUT2D eigenvalue weighted by Crippen LogP contribution is -2.20. The normalized spacial score (nSPS) is 13.6. The summed E-state index contributed by atoms with van der Waals surface area (Å²) in [5.74, 6) is 0.874. The molecule has 0 aromatic heterocycles. The van der Waals surface area contributed by atoms with Gasteiger partial charge in [-0.25, -0.2) is 0 Å². The first-order valence-electron chi connectivity index (χ1n) is 7.29. The molecule has 3 heteroatoms. The maximum atomic E-state index is 5.65. The number of rotatable bonds is 7. The fourth-order valence-electron chi connectivity index (χ4n) is 1.85. The second-order valence-corrected chi connectivity index (χ2v) is 6.25. The fourth-order valence-corrected chi connectivity index (χ4v) is 1.85. The number of hydrogen-bond donors (Lipinski definition) is 0. The fraction of sp³-hybridized carbons (Fsp3) is 0.647. The molecule has 1 rings (SSSR count). The highest BCUT2D eigenvalue weighted by Gasteiger charge is 2.12. The van der Waals surface area contributed by atoms with Crippen LogP contribution < -0.4 is 4.74 Å². The topological polar surface area (TPSA) is 27.7 Å². The minimum Gasteiger partial charge on any atom is -0.491 e. The van der Waals surface area contributed by atoms with Crippen molar-refractivity contribution in [1.29, 1.82) is 0 Å². The van der Waals surface area contributed by atoms with Crippen molar-refractivity contribution in [2.24, 2.45) is 0 Å². The quantitative estimate of drug-likeness (QED) is 0.554. The third-order valence-corrected chi connectivity index (χ3v) is 2.89. The van der Waals surface area contributed by atoms with Gasteiger partial charge in [-0.15, -0.1) is 0 Å². The van der Waals surface area contributed by atoms with E-state index in [-0.39, 0.29) is 17.8 Å². The van der Waals surface area contributed by atoms with Gasteiger partial charge in [-0.2, -0.15) is 0 Å². The van der Waals surface area contributed by atoms with Gasteiger partial charge in [0.05, 0.1) is 12.7 Å². The van der Waals surface area contributed by atoms with Gasteiger partial charge in [0, 0.05) is 0 Å². The third-order valence-electron chi connectivity index (χ3n) is 2.89. The SMILES string of the molecule is CC(C)OC(C)OCCOc1ccc(C(C)(C)C)cc1. The van der Waals surface area contributed by atoms with Gasteiger partial charge >= 0.3 is 0 Å². The smallest absolute Gasteiger partial charge is 0.155 e. The summed E-state index contributed by atoms with van der Waals surface area (Å²) in [5, 5.41) is 0. The van der Waals surface area contributed by atoms with Crippen LogP contribution in [-0.2, 0) is 14.9 Å². The second kappa shape index (κ2) is 7.65. The molecule has 0 aliphatic rings. The first-order valence-corrected chi connectivity index (χ1v) is 7.29. The molecule has 0 N–H and O–H groups in total. The van der Waals surface area contributed by atoms with Crippen molar-refractivity contribution >= 4 is 0 Å². The van der Waals surface area contributed by atoms with Crippen LogP contribution >= 0.6 is 0 Å². The predicted octanol–water partition coefficient (Wildman–Crippen LogP) is 4.15. The molecule has 1 unspecified atom stereocenters. The van der Waals surface area contributed by atoms with E-state index in [0.29, 0.717) is 13.2 Å². The van der Waals surface area contributed by atoms with E-state index in [4.69, 9.17) is 14.2 Å². The molecule has 114 valence electrons. The zero-order chi connectivity index (χ0) is 15.2. The minimum absolute atomic E-state index is 0.172. The Kier molecular flexibility index (Phi) is 6.50. The van der Waals surface area contributed by atoms with Crippen molar-refractivity contribution in [3.8, 4) is 5.75 Å². The van der Waals surface area contributed by atoms with Crippen LogP contribution in [0.15, 0.2) is 24.3 Å². The molecule has 0 heterocycles. The Morgan fingerprint density at radius 2 is 1.55 bits per heavy atom. The van der Waals surface area contributed by atoms with Crippen molar-refractivity contribution in [3.63, 3.8) is 0 Å². The third kappa shape index (κ3) is 6.40. The Balaban J connectivity index is 2.29. The predicted molar refractivity (Wildman–Crippen MR) is 82.3 cm³/mol. The standard InChI is InChI=1S/C17H28O3/c1-13(2)20-14(3)18-11-12-19-16-9-7-15(8-10-16)17(4,5)6/h7-10,13-14H,11-12H2,1-6H3. The summed E-state index contributed by atoms with van der Waals surface area (Å²) in [5.41, 5.74) is 1.48. The number of hydrogen-bond acceptors (Lipinski definition) is 3. The van der Waals surface area contributed by atoms with E-state index in [1.807, 2.05) is 32.9 Å². The lowest BCUT2D eigenvalue weighted by molar-refractivity contribution is -0.154. The summed E-state index contributed by atoms with van der Waals surface area (Å²) in [6.07, 6.45) is -0.0160. The number of ether oxygens (including phenoxy) is 3. The van der Waals surface area contributed by atoms with E-state index >= 15 is 0 Å². The summed E-state index contributed by atoms with van der Waals surface area (Å²) < 4.78 is 16.6. The molecule has 0 spiro atoms. The largest absolute Gasteiger partial charge is 0.491 e. The lowest BCUT2D eigenvalue weighted by atomic mass is 9.87. The summed E-state index contributed by atoms with van der Waals surface area (Å²) in [6.45, 7) is 13.5. The summed E-state index contributed by atoms with van der Waals surface area (Å²) in [6, 6.07) is 8.24. The van der Waals surface area contributed by atoms with Crippen molar-refractivity contribution in [2.75, 3.05) is 13.2 Å². The van der Waals surface area contributed by atoms with Gasteiger partial charge in [-0.05, 0) is 43.9 Å². The van der Waals surface area contributed by atoms with Gasteiger partial charge < -0.3 is 14.2 Å². The molecule has 0 radical (unpaired) electrons. The lowest BCUT2D eigenvalue weighted by Gasteiger charge is -2.19. The van der Waals surface area contributed by atoms with Crippen molar-refractivity contribution in [1.82, 2.24) is 0 Å². The Hall–Kier alpha value is -1.06. The summed E-state index contributed by atoms with van der Waals surface area (Å²) >= 11 is 0. The maximum absolute atomic E-state index is 5.65. The molecule has 0 bridgehead atoms. The van der Waals surface area contributed by atoms with Crippen LogP contribution in [0.25, 0.3) is 0 Å². The van der Waals surface area contributed by atoms with Gasteiger partial charge in [-0.1, -0.05) is 32.9 Å². The molecule has 0 aliphatic carbocycles. The zero-order valence-electron chi connectivity index (χ0n) is 13.6. The highest BCUT2D eigenvalue weighted by Crippen LogP contribution is 2.24. The Bertz CT molecular complexity index is 376. The first-order chi connectivity index (χ1) is 9.29. The van der Waals surface area contributed by atoms with Crippen LogP contribution in [0.3, 0.4) is 0 Å². The molecule has 0 fully saturated rings. The molecule has 1 aromatic rings. The van der Waals surface area contributed by atoms with E-state index in [2.05, 4.69) is 32.9 Å². The molecular formula is C17H28O3. The molecule has 0 aliphatic heterocycles. The minimum atomic E-state index is -0.193. The Morgan fingerprint density at radius 1 is 0.950 bits per heavy atom. The van der Waals surface area contributed by atoms with Gasteiger partial charge in [0.15, 0.2) is 6.29 Å². The van der Waals surface area contributed by atoms with Crippen LogP contribution in [0.4, 0.5) is 0 Å². The molecule has 0 saturated heterocycles. The highest BCUT2D eigenvalue weighted by atomic mass is 16.7. The number of benzene rings is 1. The van der Waals surface area contributed by atoms with Crippen LogP contribution in [0.2, 0.25) is 0 Å². The Morgan fingerprint density at radius 3 is 2.05 bits per heavy atom. The molecule has 1 atom stereocenters. The van der Waals surface area contributed by atoms with E-state index in [1.165, 1.54) is 5.56 Å². The van der Waals surface area contributed by atoms with E-state index in [1.54, 1.807) is 0 Å². The first kappa shape index (κ1) is 17.0. The van der Waals surface area contributed by atoms with E-state index in [9.17, 15) is 0 Å². The summed E-state index contributed by atoms with van der Waals surface area (Å²) in [4.78, 5) is 0. The molecule has 3 nitrogen and oxygen atoms in total. The molecule has 20 heavy (non-hydrogen) atoms. The van der Waals surface area contributed by atoms with Gasteiger partial charge in [0.2, 0.25) is 0 Å². The second-order valence-electron chi connectivity index (χ2n) is 6.25. The van der Waals surface area contributed by atoms with Crippen molar-refractivity contribution < 1.29 is 14.2 Å². The van der Waals surface area contributed by atoms with Crippen molar-refractivity contribution in [3.05, 3.63) is 29.8 Å². The highest BCUT2D eigenvalue weighted by molar-refractivity contribution is 5.31. The molecule has 0 amide bonds. The maximum Gasteiger partial charge on any atom is 0.155 e. The van der Waals surface area contributed by atoms with Crippen LogP contribution in [0.1, 0.15) is 47.1 Å². The van der Waals surface area contributed by atoms with Crippen molar-refractivity contribution in [2.45, 2.75) is 59.4 Å². The monoisotopic (exact) mass is 280 g/mol. The molecule has 1 aromatic carbocycles. The van der Waals surface area contributed by atoms with Crippen LogP contribution in [0.5, 0.6) is 5.75 Å². The van der Waals surface area contributed by atoms with Crippen LogP contribution in [0, 0.1) is 0 Å².